The summed E-state index contributed by atoms with van der Waals surface area (Å²) in [6.45, 7) is 5.23. The lowest BCUT2D eigenvalue weighted by atomic mass is 9.98. The number of nitrogens with one attached hydrogen (secondary N) is 1. The quantitative estimate of drug-likeness (QED) is 0.831. The number of carbonyl (C=O) groups excluding carboxylic acids is 1. The van der Waals surface area contributed by atoms with Crippen molar-refractivity contribution in [2.45, 2.75) is 51.6 Å². The van der Waals surface area contributed by atoms with E-state index in [1.807, 2.05) is 19.1 Å². The highest BCUT2D eigenvalue weighted by atomic mass is 16.2. The number of benzene rings is 1. The summed E-state index contributed by atoms with van der Waals surface area (Å²) in [5.41, 5.74) is 7.16. The normalized spacial score (nSPS) is 21.4. The van der Waals surface area contributed by atoms with E-state index in [1.54, 1.807) is 12.1 Å². The third-order valence-corrected chi connectivity index (χ3v) is 4.20. The van der Waals surface area contributed by atoms with E-state index in [0.717, 1.165) is 18.7 Å². The van der Waals surface area contributed by atoms with Crippen LogP contribution >= 0.6 is 0 Å². The average molecular weight is 275 g/mol. The Morgan fingerprint density at radius 3 is 2.75 bits per heavy atom. The second-order valence-electron chi connectivity index (χ2n) is 5.58. The van der Waals surface area contributed by atoms with Gasteiger partial charge in [0, 0.05) is 17.4 Å². The molecule has 0 spiro atoms. The van der Waals surface area contributed by atoms with Crippen molar-refractivity contribution in [2.24, 2.45) is 0 Å². The molecule has 110 valence electrons. The van der Waals surface area contributed by atoms with Crippen LogP contribution in [0.4, 0.5) is 11.4 Å². The number of rotatable bonds is 4. The first-order valence-corrected chi connectivity index (χ1v) is 7.54. The van der Waals surface area contributed by atoms with E-state index in [0.29, 0.717) is 11.7 Å². The number of piperidine rings is 1. The zero-order valence-electron chi connectivity index (χ0n) is 12.4. The van der Waals surface area contributed by atoms with E-state index in [9.17, 15) is 4.79 Å². The second kappa shape index (κ2) is 6.75. The van der Waals surface area contributed by atoms with Gasteiger partial charge in [0.2, 0.25) is 5.91 Å². The average Bonchev–Trinajstić information content (AvgIpc) is 2.48. The van der Waals surface area contributed by atoms with Crippen molar-refractivity contribution in [1.82, 2.24) is 4.90 Å². The summed E-state index contributed by atoms with van der Waals surface area (Å²) in [6, 6.07) is 7.74. The number of nitrogen functional groups attached to an aromatic ring is 1. The van der Waals surface area contributed by atoms with Crippen molar-refractivity contribution in [3.8, 4) is 0 Å². The number of anilines is 2. The minimum Gasteiger partial charge on any atom is -0.399 e. The minimum atomic E-state index is -0.0854. The van der Waals surface area contributed by atoms with E-state index in [1.165, 1.54) is 19.3 Å². The fourth-order valence-corrected chi connectivity index (χ4v) is 2.94. The van der Waals surface area contributed by atoms with E-state index < -0.39 is 0 Å². The molecule has 1 aliphatic rings. The van der Waals surface area contributed by atoms with Crippen molar-refractivity contribution in [3.63, 3.8) is 0 Å². The van der Waals surface area contributed by atoms with Gasteiger partial charge in [0.1, 0.15) is 0 Å². The molecular weight excluding hydrogens is 250 g/mol. The number of amides is 1. The molecule has 0 radical (unpaired) electrons. The van der Waals surface area contributed by atoms with E-state index in [4.69, 9.17) is 5.73 Å². The van der Waals surface area contributed by atoms with Gasteiger partial charge in [-0.15, -0.1) is 0 Å². The van der Waals surface area contributed by atoms with Crippen molar-refractivity contribution in [3.05, 3.63) is 24.3 Å². The number of carbonyl (C=O) groups is 1. The van der Waals surface area contributed by atoms with Crippen molar-refractivity contribution in [1.29, 1.82) is 0 Å². The molecule has 0 bridgehead atoms. The molecule has 1 saturated heterocycles. The zero-order chi connectivity index (χ0) is 14.5. The van der Waals surface area contributed by atoms with Crippen LogP contribution in [-0.4, -0.2) is 29.4 Å². The van der Waals surface area contributed by atoms with Gasteiger partial charge in [0.05, 0.1) is 6.04 Å². The topological polar surface area (TPSA) is 58.4 Å². The van der Waals surface area contributed by atoms with E-state index in [-0.39, 0.29) is 11.9 Å². The van der Waals surface area contributed by atoms with Crippen LogP contribution < -0.4 is 11.1 Å². The first kappa shape index (κ1) is 14.9. The van der Waals surface area contributed by atoms with Gasteiger partial charge < -0.3 is 11.1 Å². The Balaban J connectivity index is 1.98. The molecule has 0 saturated carbocycles. The van der Waals surface area contributed by atoms with E-state index in [2.05, 4.69) is 17.1 Å². The van der Waals surface area contributed by atoms with Gasteiger partial charge in [0.15, 0.2) is 0 Å². The molecular formula is C16H25N3O. The van der Waals surface area contributed by atoms with Gasteiger partial charge in [0.25, 0.3) is 0 Å². The Morgan fingerprint density at radius 2 is 2.10 bits per heavy atom. The Kier molecular flexibility index (Phi) is 5.01. The summed E-state index contributed by atoms with van der Waals surface area (Å²) >= 11 is 0. The predicted molar refractivity (Wildman–Crippen MR) is 83.6 cm³/mol. The van der Waals surface area contributed by atoms with Crippen LogP contribution in [0.3, 0.4) is 0 Å². The van der Waals surface area contributed by atoms with Crippen molar-refractivity contribution < 1.29 is 4.79 Å². The minimum absolute atomic E-state index is 0.0649. The summed E-state index contributed by atoms with van der Waals surface area (Å²) in [5.74, 6) is 0.0649. The first-order chi connectivity index (χ1) is 9.61. The summed E-state index contributed by atoms with van der Waals surface area (Å²) in [5, 5.41) is 2.97. The van der Waals surface area contributed by atoms with Gasteiger partial charge >= 0.3 is 0 Å². The molecule has 1 aromatic rings. The zero-order valence-corrected chi connectivity index (χ0v) is 12.4. The van der Waals surface area contributed by atoms with Crippen LogP contribution in [-0.2, 0) is 4.79 Å². The van der Waals surface area contributed by atoms with Gasteiger partial charge in [-0.25, -0.2) is 0 Å². The van der Waals surface area contributed by atoms with E-state index >= 15 is 0 Å². The van der Waals surface area contributed by atoms with Crippen LogP contribution in [0.25, 0.3) is 0 Å². The van der Waals surface area contributed by atoms with Crippen LogP contribution in [0.15, 0.2) is 24.3 Å². The fraction of sp³-hybridized carbons (Fsp3) is 0.562. The maximum atomic E-state index is 12.4. The molecule has 1 fully saturated rings. The molecule has 1 aromatic carbocycles. The fourth-order valence-electron chi connectivity index (χ4n) is 2.94. The van der Waals surface area contributed by atoms with Gasteiger partial charge in [-0.1, -0.05) is 13.3 Å². The molecule has 4 heteroatoms. The molecule has 3 N–H and O–H groups in total. The third kappa shape index (κ3) is 3.51. The molecule has 20 heavy (non-hydrogen) atoms. The SMILES string of the molecule is CCC1CCCCN1C(C)C(=O)Nc1ccc(N)cc1. The highest BCUT2D eigenvalue weighted by Crippen LogP contribution is 2.22. The smallest absolute Gasteiger partial charge is 0.241 e. The molecule has 2 rings (SSSR count). The number of hydrogen-bond donors (Lipinski definition) is 2. The number of nitrogens with two attached hydrogens (primary N) is 1. The maximum absolute atomic E-state index is 12.4. The Labute approximate surface area is 121 Å². The lowest BCUT2D eigenvalue weighted by Crippen LogP contribution is -2.49. The summed E-state index contributed by atoms with van der Waals surface area (Å²) < 4.78 is 0. The molecule has 2 unspecified atom stereocenters. The monoisotopic (exact) mass is 275 g/mol. The Morgan fingerprint density at radius 1 is 1.40 bits per heavy atom. The molecule has 0 aliphatic carbocycles. The van der Waals surface area contributed by atoms with Crippen molar-refractivity contribution in [2.75, 3.05) is 17.6 Å². The summed E-state index contributed by atoms with van der Waals surface area (Å²) in [7, 11) is 0. The highest BCUT2D eigenvalue weighted by molar-refractivity contribution is 5.94. The lowest BCUT2D eigenvalue weighted by Gasteiger charge is -2.38. The van der Waals surface area contributed by atoms with Crippen LogP contribution in [0.2, 0.25) is 0 Å². The van der Waals surface area contributed by atoms with Crippen LogP contribution in [0.1, 0.15) is 39.5 Å². The van der Waals surface area contributed by atoms with Crippen LogP contribution in [0, 0.1) is 0 Å². The highest BCUT2D eigenvalue weighted by Gasteiger charge is 2.29. The second-order valence-corrected chi connectivity index (χ2v) is 5.58. The number of likely N-dealkylation sites (tertiary alicyclic amines) is 1. The number of hydrogen-bond acceptors (Lipinski definition) is 3. The molecule has 2 atom stereocenters. The molecule has 4 nitrogen and oxygen atoms in total. The van der Waals surface area contributed by atoms with Gasteiger partial charge in [-0.3, -0.25) is 9.69 Å². The van der Waals surface area contributed by atoms with Gasteiger partial charge in [-0.2, -0.15) is 0 Å². The lowest BCUT2D eigenvalue weighted by molar-refractivity contribution is -0.122. The molecule has 1 amide bonds. The third-order valence-electron chi connectivity index (χ3n) is 4.20. The number of nitrogens with zero attached hydrogens (tertiary/aromatic N) is 1. The molecule has 1 heterocycles. The van der Waals surface area contributed by atoms with Gasteiger partial charge in [-0.05, 0) is 57.0 Å². The summed E-state index contributed by atoms with van der Waals surface area (Å²) in [6.07, 6.45) is 4.78. The largest absolute Gasteiger partial charge is 0.399 e. The Bertz CT molecular complexity index is 444. The maximum Gasteiger partial charge on any atom is 0.241 e. The molecule has 0 aromatic heterocycles. The van der Waals surface area contributed by atoms with Crippen LogP contribution in [0.5, 0.6) is 0 Å². The standard InChI is InChI=1S/C16H25N3O/c1-3-15-6-4-5-11-19(15)12(2)16(20)18-14-9-7-13(17)8-10-14/h7-10,12,15H,3-6,11,17H2,1-2H3,(H,18,20). The summed E-state index contributed by atoms with van der Waals surface area (Å²) in [4.78, 5) is 14.7. The van der Waals surface area contributed by atoms with Crippen molar-refractivity contribution >= 4 is 17.3 Å². The predicted octanol–water partition coefficient (Wildman–Crippen LogP) is 2.86. The molecule has 1 aliphatic heterocycles. The first-order valence-electron chi connectivity index (χ1n) is 7.54. The Hall–Kier alpha value is -1.55.